The van der Waals surface area contributed by atoms with Crippen molar-refractivity contribution in [3.63, 3.8) is 0 Å². The van der Waals surface area contributed by atoms with Crippen molar-refractivity contribution in [3.05, 3.63) is 84.6 Å². The first-order chi connectivity index (χ1) is 17.2. The van der Waals surface area contributed by atoms with E-state index in [0.717, 1.165) is 13.2 Å². The number of rotatable bonds is 6. The summed E-state index contributed by atoms with van der Waals surface area (Å²) in [6.45, 7) is 2.29. The summed E-state index contributed by atoms with van der Waals surface area (Å²) in [6, 6.07) is 8.76. The molecule has 36 heavy (non-hydrogen) atoms. The van der Waals surface area contributed by atoms with E-state index in [4.69, 9.17) is 0 Å². The van der Waals surface area contributed by atoms with E-state index in [-0.39, 0.29) is 15.6 Å². The van der Waals surface area contributed by atoms with Gasteiger partial charge in [-0.1, -0.05) is 6.07 Å². The van der Waals surface area contributed by atoms with Gasteiger partial charge in [-0.25, -0.2) is 26.4 Å². The molecule has 8 nitrogen and oxygen atoms in total. The molecular formula is C24H19F3N4O4S. The Morgan fingerprint density at radius 3 is 2.44 bits per heavy atom. The number of ether oxygens (including phenoxy) is 1. The predicted octanol–water partition coefficient (Wildman–Crippen LogP) is 5.01. The lowest BCUT2D eigenvalue weighted by atomic mass is 10.0. The molecule has 0 saturated heterocycles. The molecule has 0 radical (unpaired) electrons. The maximum atomic E-state index is 16.0. The third-order valence-corrected chi connectivity index (χ3v) is 6.98. The molecule has 0 aliphatic carbocycles. The van der Waals surface area contributed by atoms with Crippen molar-refractivity contribution in [2.45, 2.75) is 18.4 Å². The number of hydrogen-bond donors (Lipinski definition) is 0. The van der Waals surface area contributed by atoms with Crippen molar-refractivity contribution in [1.29, 1.82) is 0 Å². The van der Waals surface area contributed by atoms with Crippen molar-refractivity contribution in [2.24, 2.45) is 0 Å². The van der Waals surface area contributed by atoms with Crippen LogP contribution >= 0.6 is 0 Å². The number of methoxy groups -OCH3 is 1. The highest BCUT2D eigenvalue weighted by Gasteiger charge is 2.37. The van der Waals surface area contributed by atoms with Gasteiger partial charge in [-0.2, -0.15) is 9.40 Å². The molecule has 0 fully saturated rings. The summed E-state index contributed by atoms with van der Waals surface area (Å²) >= 11 is 0. The standard InChI is InChI=1S/C24H19F3N4O4S/c1-3-30-14-18(15-9-11-28-12-10-15)23(29-30)17-5-4-6-20(22(17)27)31(24(32)35-2)36(33,34)21-13-16(25)7-8-19(21)26/h4-14H,3H2,1-2H3. The third-order valence-electron chi connectivity index (χ3n) is 5.28. The van der Waals surface area contributed by atoms with Crippen LogP contribution in [-0.2, 0) is 21.3 Å². The molecule has 0 unspecified atom stereocenters. The zero-order valence-corrected chi connectivity index (χ0v) is 19.8. The fraction of sp³-hybridized carbons (Fsp3) is 0.125. The lowest BCUT2D eigenvalue weighted by molar-refractivity contribution is 0.183. The average Bonchev–Trinajstić information content (AvgIpc) is 3.31. The van der Waals surface area contributed by atoms with E-state index in [1.165, 1.54) is 12.1 Å². The number of aryl methyl sites for hydroxylation is 1. The molecule has 12 heteroatoms. The molecule has 2 aromatic heterocycles. The van der Waals surface area contributed by atoms with Crippen LogP contribution in [0.3, 0.4) is 0 Å². The Morgan fingerprint density at radius 1 is 1.06 bits per heavy atom. The second kappa shape index (κ2) is 9.82. The Labute approximate surface area is 204 Å². The van der Waals surface area contributed by atoms with E-state index in [0.29, 0.717) is 35.9 Å². The molecule has 0 spiro atoms. The smallest absolute Gasteiger partial charge is 0.428 e. The molecule has 1 amide bonds. The minimum atomic E-state index is -5.13. The van der Waals surface area contributed by atoms with E-state index in [1.54, 1.807) is 35.4 Å². The second-order valence-electron chi connectivity index (χ2n) is 7.44. The summed E-state index contributed by atoms with van der Waals surface area (Å²) < 4.78 is 76.8. The third kappa shape index (κ3) is 4.42. The van der Waals surface area contributed by atoms with Crippen molar-refractivity contribution >= 4 is 21.8 Å². The molecule has 0 N–H and O–H groups in total. The first-order valence-electron chi connectivity index (χ1n) is 10.5. The molecule has 0 atom stereocenters. The van der Waals surface area contributed by atoms with E-state index < -0.39 is 44.2 Å². The minimum Gasteiger partial charge on any atom is -0.452 e. The number of anilines is 1. The monoisotopic (exact) mass is 516 g/mol. The van der Waals surface area contributed by atoms with Crippen LogP contribution in [0.1, 0.15) is 6.92 Å². The van der Waals surface area contributed by atoms with Gasteiger partial charge in [-0.15, -0.1) is 0 Å². The van der Waals surface area contributed by atoms with E-state index >= 15 is 4.39 Å². The first-order valence-corrected chi connectivity index (χ1v) is 12.0. The second-order valence-corrected chi connectivity index (χ2v) is 9.19. The quantitative estimate of drug-likeness (QED) is 0.358. The molecular weight excluding hydrogens is 497 g/mol. The van der Waals surface area contributed by atoms with Gasteiger partial charge in [0.2, 0.25) is 0 Å². The number of hydrogen-bond acceptors (Lipinski definition) is 6. The SMILES string of the molecule is CCn1cc(-c2ccncc2)c(-c2cccc(N(C(=O)OC)S(=O)(=O)c3cc(F)ccc3F)c2F)n1. The fourth-order valence-electron chi connectivity index (χ4n) is 3.57. The lowest BCUT2D eigenvalue weighted by Gasteiger charge is -2.22. The number of pyridine rings is 1. The molecule has 4 rings (SSSR count). The predicted molar refractivity (Wildman–Crippen MR) is 125 cm³/mol. The van der Waals surface area contributed by atoms with Crippen LogP contribution in [0.4, 0.5) is 23.7 Å². The van der Waals surface area contributed by atoms with Gasteiger partial charge in [0.05, 0.1) is 7.11 Å². The molecule has 2 aromatic carbocycles. The van der Waals surface area contributed by atoms with Gasteiger partial charge >= 0.3 is 6.09 Å². The Kier molecular flexibility index (Phi) is 6.80. The highest BCUT2D eigenvalue weighted by atomic mass is 32.2. The first kappa shape index (κ1) is 24.9. The molecule has 0 aliphatic heterocycles. The molecule has 0 aliphatic rings. The molecule has 0 saturated carbocycles. The summed E-state index contributed by atoms with van der Waals surface area (Å²) in [5, 5.41) is 4.41. The van der Waals surface area contributed by atoms with Gasteiger partial charge in [-0.3, -0.25) is 9.67 Å². The van der Waals surface area contributed by atoms with E-state index in [2.05, 4.69) is 14.8 Å². The summed E-state index contributed by atoms with van der Waals surface area (Å²) in [4.78, 5) is 15.4. The summed E-state index contributed by atoms with van der Waals surface area (Å²) in [5.41, 5.74) is 0.481. The van der Waals surface area contributed by atoms with Crippen LogP contribution in [-0.4, -0.2) is 36.4 Å². The molecule has 186 valence electrons. The normalized spacial score (nSPS) is 11.4. The molecule has 0 bridgehead atoms. The van der Waals surface area contributed by atoms with Gasteiger partial charge in [0, 0.05) is 36.3 Å². The number of aromatic nitrogens is 3. The zero-order chi connectivity index (χ0) is 26.0. The van der Waals surface area contributed by atoms with Crippen molar-refractivity contribution in [3.8, 4) is 22.4 Å². The van der Waals surface area contributed by atoms with Crippen LogP contribution in [0, 0.1) is 17.5 Å². The fourth-order valence-corrected chi connectivity index (χ4v) is 5.01. The van der Waals surface area contributed by atoms with Crippen molar-refractivity contribution in [2.75, 3.05) is 11.4 Å². The van der Waals surface area contributed by atoms with Gasteiger partial charge in [-0.05, 0) is 55.0 Å². The Balaban J connectivity index is 1.94. The highest BCUT2D eigenvalue weighted by molar-refractivity contribution is 7.93. The van der Waals surface area contributed by atoms with Crippen LogP contribution in [0.15, 0.2) is 72.0 Å². The average molecular weight is 517 g/mol. The van der Waals surface area contributed by atoms with Gasteiger partial charge in [0.15, 0.2) is 5.82 Å². The molecule has 2 heterocycles. The maximum Gasteiger partial charge on any atom is 0.428 e. The number of halogens is 3. The number of amides is 1. The number of benzene rings is 2. The Morgan fingerprint density at radius 2 is 1.78 bits per heavy atom. The van der Waals surface area contributed by atoms with Gasteiger partial charge < -0.3 is 4.74 Å². The maximum absolute atomic E-state index is 16.0. The zero-order valence-electron chi connectivity index (χ0n) is 19.0. The highest BCUT2D eigenvalue weighted by Crippen LogP contribution is 2.37. The lowest BCUT2D eigenvalue weighted by Crippen LogP contribution is -2.38. The largest absolute Gasteiger partial charge is 0.452 e. The number of sulfonamides is 1. The molecule has 4 aromatic rings. The van der Waals surface area contributed by atoms with Crippen LogP contribution in [0.2, 0.25) is 0 Å². The number of carbonyl (C=O) groups excluding carboxylic acids is 1. The topological polar surface area (TPSA) is 94.4 Å². The van der Waals surface area contributed by atoms with Crippen LogP contribution in [0.25, 0.3) is 22.4 Å². The van der Waals surface area contributed by atoms with Gasteiger partial charge in [0.25, 0.3) is 10.0 Å². The summed E-state index contributed by atoms with van der Waals surface area (Å²) in [6.07, 6.45) is 3.26. The van der Waals surface area contributed by atoms with E-state index in [9.17, 15) is 22.0 Å². The van der Waals surface area contributed by atoms with Crippen LogP contribution < -0.4 is 4.31 Å². The summed E-state index contributed by atoms with van der Waals surface area (Å²) in [5.74, 6) is -3.54. The summed E-state index contributed by atoms with van der Waals surface area (Å²) in [7, 11) is -4.26. The van der Waals surface area contributed by atoms with Crippen LogP contribution in [0.5, 0.6) is 0 Å². The van der Waals surface area contributed by atoms with Crippen molar-refractivity contribution < 1.29 is 31.1 Å². The Bertz CT molecular complexity index is 1540. The Hall–Kier alpha value is -4.19. The number of nitrogens with zero attached hydrogens (tertiary/aromatic N) is 4. The minimum absolute atomic E-state index is 0.0490. The van der Waals surface area contributed by atoms with E-state index in [1.807, 2.05) is 6.92 Å². The van der Waals surface area contributed by atoms with Gasteiger partial charge in [0.1, 0.15) is 27.9 Å². The number of carbonyl (C=O) groups is 1. The van der Waals surface area contributed by atoms with Crippen molar-refractivity contribution in [1.82, 2.24) is 14.8 Å².